The van der Waals surface area contributed by atoms with Crippen LogP contribution in [0.5, 0.6) is 11.5 Å². The summed E-state index contributed by atoms with van der Waals surface area (Å²) in [5, 5.41) is 9.53. The molecule has 0 fully saturated rings. The molecule has 0 aliphatic carbocycles. The molecule has 0 spiro atoms. The van der Waals surface area contributed by atoms with Crippen LogP contribution in [0.2, 0.25) is 0 Å². The Balaban J connectivity index is 1.57. The fraction of sp³-hybridized carbons (Fsp3) is 0.200. The van der Waals surface area contributed by atoms with E-state index in [1.54, 1.807) is 43.6 Å². The Morgan fingerprint density at radius 2 is 1.81 bits per heavy atom. The molecule has 0 radical (unpaired) electrons. The Labute approximate surface area is 186 Å². The lowest BCUT2D eigenvalue weighted by Crippen LogP contribution is -2.33. The molecule has 1 aromatic heterocycles. The van der Waals surface area contributed by atoms with Gasteiger partial charge in [-0.2, -0.15) is 0 Å². The number of methoxy groups -OCH3 is 2. The molecular formula is C25H25N3O4. The lowest BCUT2D eigenvalue weighted by molar-refractivity contribution is 0.0706. The summed E-state index contributed by atoms with van der Waals surface area (Å²) in [4.78, 5) is 19.2. The maximum atomic E-state index is 13.2. The van der Waals surface area contributed by atoms with E-state index in [0.717, 1.165) is 22.3 Å². The molecule has 7 heteroatoms. The standard InChI is InChI=1S/C25H25N3O4/c1-31-21-12-9-19(24(15-21)32-2)16-27(13-14-29)25(30)18-7-10-20(11-8-18)28-17-26-22-5-3-4-6-23(22)28/h3-12,15,17,29H,13-14,16H2,1-2H3. The van der Waals surface area contributed by atoms with E-state index in [1.165, 1.54) is 0 Å². The van der Waals surface area contributed by atoms with Crippen molar-refractivity contribution in [3.8, 4) is 17.2 Å². The van der Waals surface area contributed by atoms with Crippen molar-refractivity contribution in [1.29, 1.82) is 0 Å². The largest absolute Gasteiger partial charge is 0.497 e. The highest BCUT2D eigenvalue weighted by Gasteiger charge is 2.18. The SMILES string of the molecule is COc1ccc(CN(CCO)C(=O)c2ccc(-n3cnc4ccccc43)cc2)c(OC)c1. The average molecular weight is 431 g/mol. The fourth-order valence-corrected chi connectivity index (χ4v) is 3.67. The second-order valence-corrected chi connectivity index (χ2v) is 7.28. The number of benzene rings is 3. The minimum absolute atomic E-state index is 0.136. The highest BCUT2D eigenvalue weighted by Crippen LogP contribution is 2.26. The summed E-state index contributed by atoms with van der Waals surface area (Å²) in [6.45, 7) is 0.381. The Hall–Kier alpha value is -3.84. The molecule has 0 aliphatic heterocycles. The molecule has 0 bridgehead atoms. The molecule has 32 heavy (non-hydrogen) atoms. The quantitative estimate of drug-likeness (QED) is 0.461. The number of fused-ring (bicyclic) bond motifs is 1. The van der Waals surface area contributed by atoms with Gasteiger partial charge in [-0.1, -0.05) is 12.1 Å². The first-order chi connectivity index (χ1) is 15.6. The number of imidazole rings is 1. The Bertz CT molecular complexity index is 1220. The Morgan fingerprint density at radius 3 is 2.53 bits per heavy atom. The number of hydrogen-bond acceptors (Lipinski definition) is 5. The van der Waals surface area contributed by atoms with Gasteiger partial charge in [0, 0.05) is 36.0 Å². The van der Waals surface area contributed by atoms with Gasteiger partial charge < -0.3 is 19.5 Å². The summed E-state index contributed by atoms with van der Waals surface area (Å²) in [6, 6.07) is 20.7. The molecule has 1 N–H and O–H groups in total. The van der Waals surface area contributed by atoms with Gasteiger partial charge in [-0.25, -0.2) is 4.98 Å². The van der Waals surface area contributed by atoms with Gasteiger partial charge in [0.1, 0.15) is 17.8 Å². The van der Waals surface area contributed by atoms with Crippen LogP contribution in [0.15, 0.2) is 73.1 Å². The second kappa shape index (κ2) is 9.53. The first-order valence-electron chi connectivity index (χ1n) is 10.3. The molecule has 1 heterocycles. The molecule has 0 saturated heterocycles. The summed E-state index contributed by atoms with van der Waals surface area (Å²) in [7, 11) is 3.17. The molecule has 0 saturated carbocycles. The minimum Gasteiger partial charge on any atom is -0.497 e. The van der Waals surface area contributed by atoms with E-state index in [2.05, 4.69) is 4.98 Å². The summed E-state index contributed by atoms with van der Waals surface area (Å²) >= 11 is 0. The molecule has 4 aromatic rings. The third-order valence-corrected chi connectivity index (χ3v) is 5.36. The first kappa shape index (κ1) is 21.4. The van der Waals surface area contributed by atoms with Gasteiger partial charge in [-0.3, -0.25) is 9.36 Å². The molecule has 3 aromatic carbocycles. The molecule has 1 amide bonds. The van der Waals surface area contributed by atoms with Gasteiger partial charge in [0.15, 0.2) is 0 Å². The third kappa shape index (κ3) is 4.29. The number of aliphatic hydroxyl groups is 1. The van der Waals surface area contributed by atoms with E-state index in [-0.39, 0.29) is 19.1 Å². The molecule has 0 unspecified atom stereocenters. The molecule has 0 atom stereocenters. The molecule has 0 aliphatic rings. The van der Waals surface area contributed by atoms with Gasteiger partial charge in [0.25, 0.3) is 5.91 Å². The minimum atomic E-state index is -0.168. The van der Waals surface area contributed by atoms with Crippen LogP contribution in [0.25, 0.3) is 16.7 Å². The predicted molar refractivity (Wildman–Crippen MR) is 122 cm³/mol. The first-order valence-corrected chi connectivity index (χ1v) is 10.3. The molecule has 4 rings (SSSR count). The van der Waals surface area contributed by atoms with Crippen molar-refractivity contribution < 1.29 is 19.4 Å². The number of ether oxygens (including phenoxy) is 2. The zero-order chi connectivity index (χ0) is 22.5. The highest BCUT2D eigenvalue weighted by atomic mass is 16.5. The van der Waals surface area contributed by atoms with E-state index in [0.29, 0.717) is 23.6 Å². The number of aliphatic hydroxyl groups excluding tert-OH is 1. The van der Waals surface area contributed by atoms with Crippen LogP contribution in [-0.2, 0) is 6.54 Å². The van der Waals surface area contributed by atoms with Crippen molar-refractivity contribution >= 4 is 16.9 Å². The van der Waals surface area contributed by atoms with Gasteiger partial charge in [-0.05, 0) is 48.5 Å². The monoisotopic (exact) mass is 431 g/mol. The van der Waals surface area contributed by atoms with Gasteiger partial charge >= 0.3 is 0 Å². The Kier molecular flexibility index (Phi) is 6.37. The average Bonchev–Trinajstić information content (AvgIpc) is 3.28. The van der Waals surface area contributed by atoms with Crippen molar-refractivity contribution in [2.75, 3.05) is 27.4 Å². The maximum Gasteiger partial charge on any atom is 0.254 e. The van der Waals surface area contributed by atoms with Crippen LogP contribution in [0.3, 0.4) is 0 Å². The number of carbonyl (C=O) groups excluding carboxylic acids is 1. The maximum absolute atomic E-state index is 13.2. The van der Waals surface area contributed by atoms with E-state index in [4.69, 9.17) is 9.47 Å². The molecule has 7 nitrogen and oxygen atoms in total. The van der Waals surface area contributed by atoms with Gasteiger partial charge in [0.05, 0.1) is 31.9 Å². The van der Waals surface area contributed by atoms with Crippen LogP contribution in [0, 0.1) is 0 Å². The van der Waals surface area contributed by atoms with E-state index < -0.39 is 0 Å². The zero-order valence-electron chi connectivity index (χ0n) is 18.1. The molecule has 164 valence electrons. The zero-order valence-corrected chi connectivity index (χ0v) is 18.1. The van der Waals surface area contributed by atoms with Gasteiger partial charge in [-0.15, -0.1) is 0 Å². The number of aromatic nitrogens is 2. The number of nitrogens with zero attached hydrogens (tertiary/aromatic N) is 3. The lowest BCUT2D eigenvalue weighted by atomic mass is 10.1. The van der Waals surface area contributed by atoms with Gasteiger partial charge in [0.2, 0.25) is 0 Å². The van der Waals surface area contributed by atoms with E-state index >= 15 is 0 Å². The summed E-state index contributed by atoms with van der Waals surface area (Å²) in [6.07, 6.45) is 1.77. The number of rotatable bonds is 8. The number of para-hydroxylation sites is 2. The number of amides is 1. The van der Waals surface area contributed by atoms with Crippen molar-refractivity contribution in [2.45, 2.75) is 6.54 Å². The molecular weight excluding hydrogens is 406 g/mol. The Morgan fingerprint density at radius 1 is 1.03 bits per heavy atom. The van der Waals surface area contributed by atoms with Crippen molar-refractivity contribution in [3.05, 3.63) is 84.2 Å². The number of carbonyl (C=O) groups is 1. The van der Waals surface area contributed by atoms with Crippen molar-refractivity contribution in [3.63, 3.8) is 0 Å². The summed E-state index contributed by atoms with van der Waals surface area (Å²) in [5.74, 6) is 1.13. The fourth-order valence-electron chi connectivity index (χ4n) is 3.67. The number of hydrogen-bond donors (Lipinski definition) is 1. The lowest BCUT2D eigenvalue weighted by Gasteiger charge is -2.23. The third-order valence-electron chi connectivity index (χ3n) is 5.36. The van der Waals surface area contributed by atoms with E-state index in [9.17, 15) is 9.90 Å². The smallest absolute Gasteiger partial charge is 0.254 e. The van der Waals surface area contributed by atoms with Crippen molar-refractivity contribution in [2.24, 2.45) is 0 Å². The topological polar surface area (TPSA) is 76.8 Å². The van der Waals surface area contributed by atoms with Crippen LogP contribution in [0.1, 0.15) is 15.9 Å². The van der Waals surface area contributed by atoms with Crippen LogP contribution >= 0.6 is 0 Å². The second-order valence-electron chi connectivity index (χ2n) is 7.28. The van der Waals surface area contributed by atoms with Crippen LogP contribution in [0.4, 0.5) is 0 Å². The van der Waals surface area contributed by atoms with Crippen molar-refractivity contribution in [1.82, 2.24) is 14.5 Å². The highest BCUT2D eigenvalue weighted by molar-refractivity contribution is 5.94. The summed E-state index contributed by atoms with van der Waals surface area (Å²) in [5.41, 5.74) is 4.20. The summed E-state index contributed by atoms with van der Waals surface area (Å²) < 4.78 is 12.7. The normalized spacial score (nSPS) is 10.8. The van der Waals surface area contributed by atoms with Crippen LogP contribution in [-0.4, -0.2) is 52.8 Å². The van der Waals surface area contributed by atoms with E-state index in [1.807, 2.05) is 53.1 Å². The van der Waals surface area contributed by atoms with Crippen LogP contribution < -0.4 is 9.47 Å². The predicted octanol–water partition coefficient (Wildman–Crippen LogP) is 3.68.